The lowest BCUT2D eigenvalue weighted by Crippen LogP contribution is -2.60. The average Bonchev–Trinajstić information content (AvgIpc) is 3.02. The maximum Gasteiger partial charge on any atom is 0.410 e. The molecule has 3 atom stereocenters. The Bertz CT molecular complexity index is 464. The Labute approximate surface area is 138 Å². The summed E-state index contributed by atoms with van der Waals surface area (Å²) in [6.45, 7) is 6.34. The molecular weight excluding hydrogens is 296 g/mol. The summed E-state index contributed by atoms with van der Waals surface area (Å²) < 4.78 is 5.45. The van der Waals surface area contributed by atoms with Gasteiger partial charge in [-0.3, -0.25) is 0 Å². The zero-order chi connectivity index (χ0) is 16.9. The zero-order valence-electron chi connectivity index (χ0n) is 14.5. The van der Waals surface area contributed by atoms with Crippen molar-refractivity contribution in [2.75, 3.05) is 19.7 Å². The molecule has 0 aromatic heterocycles. The highest BCUT2D eigenvalue weighted by Crippen LogP contribution is 2.49. The summed E-state index contributed by atoms with van der Waals surface area (Å²) in [6.07, 6.45) is 3.76. The van der Waals surface area contributed by atoms with Crippen molar-refractivity contribution in [2.45, 2.75) is 76.2 Å². The highest BCUT2D eigenvalue weighted by molar-refractivity contribution is 5.68. The van der Waals surface area contributed by atoms with Crippen molar-refractivity contribution < 1.29 is 19.7 Å². The van der Waals surface area contributed by atoms with E-state index in [1.807, 2.05) is 20.8 Å². The van der Waals surface area contributed by atoms with Crippen molar-refractivity contribution in [3.63, 3.8) is 0 Å². The Balaban J connectivity index is 1.74. The molecule has 1 amide bonds. The molecule has 0 saturated carbocycles. The monoisotopic (exact) mass is 326 g/mol. The van der Waals surface area contributed by atoms with Crippen LogP contribution in [-0.2, 0) is 4.74 Å². The van der Waals surface area contributed by atoms with Gasteiger partial charge in [-0.2, -0.15) is 0 Å². The van der Waals surface area contributed by atoms with E-state index in [-0.39, 0.29) is 12.7 Å². The summed E-state index contributed by atoms with van der Waals surface area (Å²) >= 11 is 0. The molecule has 3 N–H and O–H groups in total. The number of piperidine rings is 1. The Morgan fingerprint density at radius 3 is 2.43 bits per heavy atom. The van der Waals surface area contributed by atoms with Crippen molar-refractivity contribution in [1.82, 2.24) is 10.2 Å². The lowest BCUT2D eigenvalue weighted by molar-refractivity contribution is -0.129. The Morgan fingerprint density at radius 1 is 1.30 bits per heavy atom. The van der Waals surface area contributed by atoms with Gasteiger partial charge in [0.2, 0.25) is 0 Å². The first-order chi connectivity index (χ1) is 10.7. The van der Waals surface area contributed by atoms with E-state index in [1.54, 1.807) is 4.90 Å². The number of amides is 1. The van der Waals surface area contributed by atoms with E-state index in [2.05, 4.69) is 5.32 Å². The van der Waals surface area contributed by atoms with E-state index >= 15 is 0 Å². The third-order valence-corrected chi connectivity index (χ3v) is 5.80. The van der Waals surface area contributed by atoms with Crippen molar-refractivity contribution in [3.05, 3.63) is 0 Å². The highest BCUT2D eigenvalue weighted by Gasteiger charge is 2.58. The van der Waals surface area contributed by atoms with Crippen molar-refractivity contribution in [3.8, 4) is 0 Å². The molecule has 3 rings (SSSR count). The molecule has 0 spiro atoms. The van der Waals surface area contributed by atoms with Gasteiger partial charge in [-0.15, -0.1) is 0 Å². The molecule has 3 aliphatic heterocycles. The van der Waals surface area contributed by atoms with Crippen LogP contribution < -0.4 is 5.32 Å². The summed E-state index contributed by atoms with van der Waals surface area (Å²) in [5, 5.41) is 25.0. The van der Waals surface area contributed by atoms with Gasteiger partial charge in [0.25, 0.3) is 0 Å². The van der Waals surface area contributed by atoms with Gasteiger partial charge < -0.3 is 25.2 Å². The molecule has 2 bridgehead atoms. The predicted octanol–water partition coefficient (Wildman–Crippen LogP) is 1.25. The average molecular weight is 326 g/mol. The van der Waals surface area contributed by atoms with Gasteiger partial charge in [0.1, 0.15) is 5.60 Å². The van der Waals surface area contributed by atoms with Crippen LogP contribution in [0.5, 0.6) is 0 Å². The summed E-state index contributed by atoms with van der Waals surface area (Å²) in [4.78, 5) is 14.0. The predicted molar refractivity (Wildman–Crippen MR) is 86.1 cm³/mol. The largest absolute Gasteiger partial charge is 0.444 e. The third-order valence-electron chi connectivity index (χ3n) is 5.80. The molecule has 3 saturated heterocycles. The normalized spacial score (nSPS) is 40.5. The summed E-state index contributed by atoms with van der Waals surface area (Å²) in [5.74, 6) is 0. The molecule has 0 aromatic carbocycles. The molecule has 0 radical (unpaired) electrons. The summed E-state index contributed by atoms with van der Waals surface area (Å²) in [7, 11) is 0. The lowest BCUT2D eigenvalue weighted by Gasteiger charge is -2.48. The van der Waals surface area contributed by atoms with Crippen LogP contribution >= 0.6 is 0 Å². The van der Waals surface area contributed by atoms with Gasteiger partial charge >= 0.3 is 6.09 Å². The van der Waals surface area contributed by atoms with E-state index in [1.165, 1.54) is 0 Å². The van der Waals surface area contributed by atoms with Crippen LogP contribution in [0.2, 0.25) is 0 Å². The minimum Gasteiger partial charge on any atom is -0.444 e. The van der Waals surface area contributed by atoms with E-state index in [9.17, 15) is 15.0 Å². The van der Waals surface area contributed by atoms with E-state index in [0.29, 0.717) is 44.4 Å². The molecule has 23 heavy (non-hydrogen) atoms. The number of carbonyl (C=O) groups excluding carboxylic acids is 1. The summed E-state index contributed by atoms with van der Waals surface area (Å²) in [5.41, 5.74) is -2.07. The molecule has 3 heterocycles. The van der Waals surface area contributed by atoms with Crippen LogP contribution in [0, 0.1) is 5.41 Å². The number of ether oxygens (including phenoxy) is 1. The first-order valence-corrected chi connectivity index (χ1v) is 8.74. The van der Waals surface area contributed by atoms with Crippen molar-refractivity contribution in [1.29, 1.82) is 0 Å². The van der Waals surface area contributed by atoms with Gasteiger partial charge in [0.05, 0.1) is 12.2 Å². The second kappa shape index (κ2) is 5.60. The Hall–Kier alpha value is -0.850. The number of aliphatic hydroxyl groups excluding tert-OH is 1. The standard InChI is InChI=1S/C17H30N2O4/c1-15(2,3)23-14(21)19-7-6-16(10-19,11-20)17(22)8-12-4-5-13(9-17)18-12/h12-13,18,20,22H,4-11H2,1-3H3. The topological polar surface area (TPSA) is 82.0 Å². The maximum atomic E-state index is 12.3. The molecule has 6 heteroatoms. The molecule has 6 nitrogen and oxygen atoms in total. The molecule has 3 fully saturated rings. The van der Waals surface area contributed by atoms with Crippen molar-refractivity contribution >= 4 is 6.09 Å². The first kappa shape index (κ1) is 17.0. The number of likely N-dealkylation sites (tertiary alicyclic amines) is 1. The van der Waals surface area contributed by atoms with E-state index < -0.39 is 16.6 Å². The van der Waals surface area contributed by atoms with Crippen LogP contribution in [0.4, 0.5) is 4.79 Å². The first-order valence-electron chi connectivity index (χ1n) is 8.74. The molecule has 0 aliphatic carbocycles. The van der Waals surface area contributed by atoms with Crippen LogP contribution in [0.15, 0.2) is 0 Å². The number of nitrogens with zero attached hydrogens (tertiary/aromatic N) is 1. The second-order valence-electron chi connectivity index (χ2n) is 8.67. The smallest absolute Gasteiger partial charge is 0.410 e. The van der Waals surface area contributed by atoms with Gasteiger partial charge in [0.15, 0.2) is 0 Å². The Morgan fingerprint density at radius 2 is 1.91 bits per heavy atom. The molecule has 0 aromatic rings. The fourth-order valence-corrected chi connectivity index (χ4v) is 4.57. The van der Waals surface area contributed by atoms with Gasteiger partial charge in [0, 0.05) is 30.6 Å². The van der Waals surface area contributed by atoms with E-state index in [4.69, 9.17) is 4.74 Å². The molecule has 132 valence electrons. The minimum absolute atomic E-state index is 0.0950. The fourth-order valence-electron chi connectivity index (χ4n) is 4.57. The van der Waals surface area contributed by atoms with Crippen LogP contribution in [0.25, 0.3) is 0 Å². The number of rotatable bonds is 2. The number of hydrogen-bond acceptors (Lipinski definition) is 5. The zero-order valence-corrected chi connectivity index (χ0v) is 14.5. The van der Waals surface area contributed by atoms with Crippen LogP contribution in [-0.4, -0.2) is 64.2 Å². The number of aliphatic hydroxyl groups is 2. The molecule has 3 unspecified atom stereocenters. The van der Waals surface area contributed by atoms with Gasteiger partial charge in [-0.1, -0.05) is 0 Å². The third kappa shape index (κ3) is 3.08. The SMILES string of the molecule is CC(C)(C)OC(=O)N1CCC(CO)(C2(O)CC3CCC(C2)N3)C1. The van der Waals surface area contributed by atoms with Gasteiger partial charge in [-0.05, 0) is 52.9 Å². The summed E-state index contributed by atoms with van der Waals surface area (Å²) in [6, 6.07) is 0.663. The maximum absolute atomic E-state index is 12.3. The lowest BCUT2D eigenvalue weighted by atomic mass is 9.65. The van der Waals surface area contributed by atoms with Gasteiger partial charge in [-0.25, -0.2) is 4.79 Å². The highest BCUT2D eigenvalue weighted by atomic mass is 16.6. The minimum atomic E-state index is -0.907. The number of fused-ring (bicyclic) bond motifs is 2. The van der Waals surface area contributed by atoms with E-state index in [0.717, 1.165) is 12.8 Å². The Kier molecular flexibility index (Phi) is 4.14. The fraction of sp³-hybridized carbons (Fsp3) is 0.941. The second-order valence-corrected chi connectivity index (χ2v) is 8.67. The number of hydrogen-bond donors (Lipinski definition) is 3. The number of carbonyl (C=O) groups is 1. The quantitative estimate of drug-likeness (QED) is 0.711. The number of nitrogens with one attached hydrogen (secondary N) is 1. The molecule has 3 aliphatic rings. The molecular formula is C17H30N2O4. The van der Waals surface area contributed by atoms with Crippen LogP contribution in [0.1, 0.15) is 52.9 Å². The van der Waals surface area contributed by atoms with Crippen LogP contribution in [0.3, 0.4) is 0 Å². The van der Waals surface area contributed by atoms with Crippen molar-refractivity contribution in [2.24, 2.45) is 5.41 Å².